The molecule has 0 aliphatic heterocycles. The second-order valence-corrected chi connectivity index (χ2v) is 9.46. The molecule has 0 atom stereocenters. The average Bonchev–Trinajstić information content (AvgIpc) is 3.23. The van der Waals surface area contributed by atoms with Gasteiger partial charge in [0.15, 0.2) is 0 Å². The molecule has 0 radical (unpaired) electrons. The number of rotatable bonds is 7. The minimum atomic E-state index is -0.666. The molecule has 180 valence electrons. The number of hydrogen-bond donors (Lipinski definition) is 1. The van der Waals surface area contributed by atoms with Crippen molar-refractivity contribution in [3.63, 3.8) is 0 Å². The highest BCUT2D eigenvalue weighted by atomic mass is 35.5. The summed E-state index contributed by atoms with van der Waals surface area (Å²) in [5.41, 5.74) is 2.31. The van der Waals surface area contributed by atoms with E-state index >= 15 is 0 Å². The van der Waals surface area contributed by atoms with Gasteiger partial charge in [-0.05, 0) is 36.8 Å². The molecule has 1 N–H and O–H groups in total. The molecule has 36 heavy (non-hydrogen) atoms. The molecule has 0 fully saturated rings. The number of thiophene rings is 1. The van der Waals surface area contributed by atoms with Gasteiger partial charge in [0.05, 0.1) is 7.11 Å². The fraction of sp³-hybridized carbons (Fsp3) is 0.0714. The number of ketones is 2. The number of carbonyl (C=O) groups excluding carboxylic acids is 4. The van der Waals surface area contributed by atoms with Crippen LogP contribution in [0.3, 0.4) is 0 Å². The number of aryl methyl sites for hydroxylation is 1. The number of nitrogens with one attached hydrogen (secondary N) is 1. The molecule has 1 heterocycles. The van der Waals surface area contributed by atoms with Crippen LogP contribution in [0.1, 0.15) is 46.3 Å². The number of ether oxygens (including phenoxy) is 1. The van der Waals surface area contributed by atoms with Crippen molar-refractivity contribution in [3.05, 3.63) is 111 Å². The Bertz CT molecular complexity index is 1480. The predicted octanol–water partition coefficient (Wildman–Crippen LogP) is 6.48. The van der Waals surface area contributed by atoms with Crippen molar-refractivity contribution in [1.82, 2.24) is 0 Å². The van der Waals surface area contributed by atoms with Gasteiger partial charge >= 0.3 is 5.97 Å². The summed E-state index contributed by atoms with van der Waals surface area (Å²) < 4.78 is 4.98. The monoisotopic (exact) mass is 517 g/mol. The Morgan fingerprint density at radius 3 is 2.03 bits per heavy atom. The summed E-state index contributed by atoms with van der Waals surface area (Å²) in [6.07, 6.45) is 0. The Morgan fingerprint density at radius 2 is 1.42 bits per heavy atom. The number of esters is 1. The van der Waals surface area contributed by atoms with Gasteiger partial charge in [-0.25, -0.2) is 4.79 Å². The highest BCUT2D eigenvalue weighted by Crippen LogP contribution is 2.41. The number of anilines is 1. The smallest absolute Gasteiger partial charge is 0.341 e. The second-order valence-electron chi connectivity index (χ2n) is 7.80. The predicted molar refractivity (Wildman–Crippen MR) is 140 cm³/mol. The minimum absolute atomic E-state index is 0.172. The largest absolute Gasteiger partial charge is 0.465 e. The van der Waals surface area contributed by atoms with Crippen molar-refractivity contribution < 1.29 is 23.9 Å². The number of amides is 1. The van der Waals surface area contributed by atoms with Crippen molar-refractivity contribution in [2.45, 2.75) is 6.92 Å². The van der Waals surface area contributed by atoms with E-state index in [9.17, 15) is 19.2 Å². The second kappa shape index (κ2) is 10.7. The number of carbonyl (C=O) groups is 4. The van der Waals surface area contributed by atoms with Crippen LogP contribution in [0.2, 0.25) is 5.02 Å². The Hall–Kier alpha value is -4.07. The van der Waals surface area contributed by atoms with Crippen LogP contribution < -0.4 is 5.32 Å². The lowest BCUT2D eigenvalue weighted by molar-refractivity contribution is 0.0603. The molecule has 1 amide bonds. The van der Waals surface area contributed by atoms with E-state index in [-0.39, 0.29) is 16.7 Å². The summed E-state index contributed by atoms with van der Waals surface area (Å²) in [7, 11) is 1.27. The van der Waals surface area contributed by atoms with Crippen molar-refractivity contribution in [2.75, 3.05) is 12.4 Å². The lowest BCUT2D eigenvalue weighted by Crippen LogP contribution is -2.16. The summed E-state index contributed by atoms with van der Waals surface area (Å²) in [6.45, 7) is 1.84. The third-order valence-corrected chi connectivity index (χ3v) is 6.72. The van der Waals surface area contributed by atoms with Crippen LogP contribution in [-0.2, 0) is 4.74 Å². The van der Waals surface area contributed by atoms with Crippen molar-refractivity contribution >= 4 is 51.4 Å². The van der Waals surface area contributed by atoms with E-state index in [1.54, 1.807) is 48.5 Å². The van der Waals surface area contributed by atoms with E-state index in [1.165, 1.54) is 42.7 Å². The van der Waals surface area contributed by atoms with Gasteiger partial charge in [0.2, 0.25) is 11.6 Å². The first-order valence-electron chi connectivity index (χ1n) is 10.8. The quantitative estimate of drug-likeness (QED) is 0.172. The Labute approximate surface area is 216 Å². The maximum atomic E-state index is 13.0. The zero-order chi connectivity index (χ0) is 25.8. The number of hydrogen-bond acceptors (Lipinski definition) is 6. The third-order valence-electron chi connectivity index (χ3n) is 5.47. The van der Waals surface area contributed by atoms with E-state index in [0.29, 0.717) is 21.2 Å². The highest BCUT2D eigenvalue weighted by Gasteiger charge is 2.26. The van der Waals surface area contributed by atoms with Gasteiger partial charge < -0.3 is 10.1 Å². The van der Waals surface area contributed by atoms with Crippen LogP contribution in [0.5, 0.6) is 0 Å². The first-order valence-corrected chi connectivity index (χ1v) is 12.0. The normalized spacial score (nSPS) is 10.5. The number of Topliss-reactive ketones (excluding diaryl/α,β-unsaturated/α-hetero) is 2. The maximum absolute atomic E-state index is 13.0. The van der Waals surface area contributed by atoms with E-state index in [0.717, 1.165) is 10.4 Å². The van der Waals surface area contributed by atoms with Crippen molar-refractivity contribution in [1.29, 1.82) is 0 Å². The molecule has 0 saturated carbocycles. The van der Waals surface area contributed by atoms with Crippen LogP contribution in [0, 0.1) is 6.92 Å². The van der Waals surface area contributed by atoms with Crippen molar-refractivity contribution in [3.8, 4) is 11.1 Å². The van der Waals surface area contributed by atoms with Crippen LogP contribution >= 0.6 is 22.9 Å². The summed E-state index contributed by atoms with van der Waals surface area (Å²) in [5.74, 6) is -2.36. The molecule has 0 bridgehead atoms. The van der Waals surface area contributed by atoms with Gasteiger partial charge in [-0.3, -0.25) is 14.4 Å². The van der Waals surface area contributed by atoms with Crippen molar-refractivity contribution in [2.24, 2.45) is 0 Å². The average molecular weight is 518 g/mol. The van der Waals surface area contributed by atoms with Gasteiger partial charge in [-0.15, -0.1) is 11.3 Å². The molecule has 6 nitrogen and oxygen atoms in total. The van der Waals surface area contributed by atoms with Gasteiger partial charge in [-0.1, -0.05) is 66.2 Å². The van der Waals surface area contributed by atoms with Crippen LogP contribution in [0.25, 0.3) is 11.1 Å². The first kappa shape index (κ1) is 25.0. The first-order chi connectivity index (χ1) is 17.3. The minimum Gasteiger partial charge on any atom is -0.465 e. The van der Waals surface area contributed by atoms with Gasteiger partial charge in [0, 0.05) is 32.2 Å². The molecular formula is C28H20ClNO5S. The summed E-state index contributed by atoms with van der Waals surface area (Å²) in [6, 6.07) is 21.1. The fourth-order valence-electron chi connectivity index (χ4n) is 3.72. The van der Waals surface area contributed by atoms with E-state index in [4.69, 9.17) is 16.3 Å². The Morgan fingerprint density at radius 1 is 0.806 bits per heavy atom. The number of benzene rings is 3. The Kier molecular flexibility index (Phi) is 7.43. The third kappa shape index (κ3) is 5.12. The molecule has 0 unspecified atom stereocenters. The lowest BCUT2D eigenvalue weighted by atomic mass is 10.0. The van der Waals surface area contributed by atoms with Crippen LogP contribution in [-0.4, -0.2) is 30.6 Å². The summed E-state index contributed by atoms with van der Waals surface area (Å²) >= 11 is 7.39. The van der Waals surface area contributed by atoms with Gasteiger partial charge in [0.1, 0.15) is 10.6 Å². The standard InChI is InChI=1S/C28H20ClNO5S/c1-16-22(20-9-6-10-21(29)15-20)23(28(34)35-2)27(36-16)30-26(33)19-13-11-18(12-14-19)25(32)24(31)17-7-4-3-5-8-17/h3-15H,1-2H3,(H,30,33). The van der Waals surface area contributed by atoms with Gasteiger partial charge in [0.25, 0.3) is 5.91 Å². The molecular weight excluding hydrogens is 498 g/mol. The van der Waals surface area contributed by atoms with Crippen LogP contribution in [0.4, 0.5) is 5.00 Å². The molecule has 3 aromatic carbocycles. The van der Waals surface area contributed by atoms with E-state index in [2.05, 4.69) is 5.32 Å². The maximum Gasteiger partial charge on any atom is 0.341 e. The molecule has 1 aromatic heterocycles. The number of halogens is 1. The van der Waals surface area contributed by atoms with E-state index < -0.39 is 23.4 Å². The lowest BCUT2D eigenvalue weighted by Gasteiger charge is -2.09. The zero-order valence-electron chi connectivity index (χ0n) is 19.3. The number of methoxy groups -OCH3 is 1. The molecule has 0 spiro atoms. The zero-order valence-corrected chi connectivity index (χ0v) is 20.9. The summed E-state index contributed by atoms with van der Waals surface area (Å²) in [5, 5.41) is 3.62. The molecule has 0 aliphatic rings. The molecule has 0 saturated heterocycles. The fourth-order valence-corrected chi connectivity index (χ4v) is 4.97. The molecule has 0 aliphatic carbocycles. The van der Waals surface area contributed by atoms with E-state index in [1.807, 2.05) is 13.0 Å². The Balaban J connectivity index is 1.59. The molecule has 8 heteroatoms. The van der Waals surface area contributed by atoms with Crippen LogP contribution in [0.15, 0.2) is 78.9 Å². The summed E-state index contributed by atoms with van der Waals surface area (Å²) in [4.78, 5) is 51.5. The molecule has 4 aromatic rings. The SMILES string of the molecule is COC(=O)c1c(NC(=O)c2ccc(C(=O)C(=O)c3ccccc3)cc2)sc(C)c1-c1cccc(Cl)c1. The highest BCUT2D eigenvalue weighted by molar-refractivity contribution is 7.17. The molecule has 4 rings (SSSR count). The van der Waals surface area contributed by atoms with Gasteiger partial charge in [-0.2, -0.15) is 0 Å². The topological polar surface area (TPSA) is 89.5 Å².